The molecule has 3 rings (SSSR count). The van der Waals surface area contributed by atoms with Crippen molar-refractivity contribution in [2.45, 2.75) is 32.6 Å². The standard InChI is InChI=1S/C35H36O10/c1-4-32(36)42-22-8-6-20-40-28-13-10-26(11-14-28)34(38)45-31-19-12-27(24-25(31)3)35(39)44-30-17-15-29(16-18-30)41-21-7-9-23-43-33(37)5-2/h4-5,10-19,24H,1-2,6-9,20-23H2,3H3. The molecule has 0 atom stereocenters. The number of carbonyl (C=O) groups excluding carboxylic acids is 4. The molecule has 10 nitrogen and oxygen atoms in total. The van der Waals surface area contributed by atoms with Crippen LogP contribution in [0.2, 0.25) is 0 Å². The molecule has 0 unspecified atom stereocenters. The van der Waals surface area contributed by atoms with Crippen LogP contribution in [0.4, 0.5) is 0 Å². The highest BCUT2D eigenvalue weighted by Crippen LogP contribution is 2.24. The molecular weight excluding hydrogens is 580 g/mol. The highest BCUT2D eigenvalue weighted by Gasteiger charge is 2.15. The molecule has 0 aromatic heterocycles. The van der Waals surface area contributed by atoms with Gasteiger partial charge in [0, 0.05) is 12.2 Å². The van der Waals surface area contributed by atoms with Gasteiger partial charge in [0.1, 0.15) is 23.0 Å². The Morgan fingerprint density at radius 2 is 1.02 bits per heavy atom. The summed E-state index contributed by atoms with van der Waals surface area (Å²) in [6.45, 7) is 9.89. The average molecular weight is 617 g/mol. The molecule has 0 aliphatic heterocycles. The van der Waals surface area contributed by atoms with Gasteiger partial charge in [-0.15, -0.1) is 0 Å². The molecule has 0 saturated heterocycles. The fourth-order valence-corrected chi connectivity index (χ4v) is 3.76. The average Bonchev–Trinajstić information content (AvgIpc) is 3.05. The van der Waals surface area contributed by atoms with Crippen LogP contribution in [0.5, 0.6) is 23.0 Å². The number of rotatable bonds is 18. The van der Waals surface area contributed by atoms with E-state index in [2.05, 4.69) is 13.2 Å². The van der Waals surface area contributed by atoms with Crippen LogP contribution < -0.4 is 18.9 Å². The third kappa shape index (κ3) is 12.0. The second kappa shape index (κ2) is 18.3. The summed E-state index contributed by atoms with van der Waals surface area (Å²) in [5.74, 6) is -0.147. The molecule has 0 amide bonds. The van der Waals surface area contributed by atoms with Crippen LogP contribution in [0.15, 0.2) is 92.0 Å². The van der Waals surface area contributed by atoms with Crippen molar-refractivity contribution in [1.29, 1.82) is 0 Å². The number of benzene rings is 3. The molecule has 3 aromatic carbocycles. The zero-order valence-electron chi connectivity index (χ0n) is 25.2. The highest BCUT2D eigenvalue weighted by atomic mass is 16.5. The normalized spacial score (nSPS) is 10.2. The van der Waals surface area contributed by atoms with Crippen molar-refractivity contribution < 1.29 is 47.6 Å². The lowest BCUT2D eigenvalue weighted by Gasteiger charge is -2.11. The minimum absolute atomic E-state index is 0.296. The van der Waals surface area contributed by atoms with Crippen molar-refractivity contribution in [1.82, 2.24) is 0 Å². The summed E-state index contributed by atoms with van der Waals surface area (Å²) in [6, 6.07) is 17.8. The monoisotopic (exact) mass is 616 g/mol. The van der Waals surface area contributed by atoms with Crippen LogP contribution in [0.3, 0.4) is 0 Å². The van der Waals surface area contributed by atoms with Gasteiger partial charge in [-0.3, -0.25) is 0 Å². The molecular formula is C35H36O10. The van der Waals surface area contributed by atoms with Crippen molar-refractivity contribution in [3.05, 3.63) is 109 Å². The maximum atomic E-state index is 12.7. The molecule has 0 bridgehead atoms. The maximum absolute atomic E-state index is 12.7. The molecule has 0 radical (unpaired) electrons. The van der Waals surface area contributed by atoms with Crippen LogP contribution in [-0.2, 0) is 19.1 Å². The summed E-state index contributed by atoms with van der Waals surface area (Å²) in [7, 11) is 0. The summed E-state index contributed by atoms with van der Waals surface area (Å²) < 4.78 is 32.1. The zero-order valence-corrected chi connectivity index (χ0v) is 25.2. The van der Waals surface area contributed by atoms with Crippen molar-refractivity contribution in [3.8, 4) is 23.0 Å². The van der Waals surface area contributed by atoms with Crippen molar-refractivity contribution >= 4 is 23.9 Å². The summed E-state index contributed by atoms with van der Waals surface area (Å²) in [5, 5.41) is 0. The minimum atomic E-state index is -0.563. The Kier molecular flexibility index (Phi) is 13.9. The van der Waals surface area contributed by atoms with E-state index in [0.29, 0.717) is 91.8 Å². The first-order valence-corrected chi connectivity index (χ1v) is 14.4. The Bertz CT molecular complexity index is 1460. The molecule has 0 fully saturated rings. The van der Waals surface area contributed by atoms with Gasteiger partial charge < -0.3 is 28.4 Å². The van der Waals surface area contributed by atoms with Crippen LogP contribution >= 0.6 is 0 Å². The third-order valence-electron chi connectivity index (χ3n) is 6.17. The molecule has 236 valence electrons. The lowest BCUT2D eigenvalue weighted by atomic mass is 10.1. The van der Waals surface area contributed by atoms with Crippen molar-refractivity contribution in [2.75, 3.05) is 26.4 Å². The summed E-state index contributed by atoms with van der Waals surface area (Å²) in [4.78, 5) is 47.4. The molecule has 0 N–H and O–H groups in total. The second-order valence-corrected chi connectivity index (χ2v) is 9.61. The van der Waals surface area contributed by atoms with Crippen molar-refractivity contribution in [2.24, 2.45) is 0 Å². The van der Waals surface area contributed by atoms with Gasteiger partial charge >= 0.3 is 23.9 Å². The first-order chi connectivity index (χ1) is 21.8. The Morgan fingerprint density at radius 1 is 0.578 bits per heavy atom. The van der Waals surface area contributed by atoms with E-state index in [0.717, 1.165) is 12.2 Å². The molecule has 0 aliphatic carbocycles. The predicted octanol–water partition coefficient (Wildman–Crippen LogP) is 6.21. The second-order valence-electron chi connectivity index (χ2n) is 9.61. The van der Waals surface area contributed by atoms with E-state index in [4.69, 9.17) is 28.4 Å². The topological polar surface area (TPSA) is 124 Å². The fraction of sp³-hybridized carbons (Fsp3) is 0.257. The van der Waals surface area contributed by atoms with Crippen LogP contribution in [0.25, 0.3) is 0 Å². The number of esters is 4. The van der Waals surface area contributed by atoms with Gasteiger partial charge in [-0.25, -0.2) is 19.2 Å². The fourth-order valence-electron chi connectivity index (χ4n) is 3.76. The van der Waals surface area contributed by atoms with Gasteiger partial charge in [0.05, 0.1) is 37.6 Å². The van der Waals surface area contributed by atoms with Gasteiger partial charge in [-0.05, 0) is 105 Å². The molecule has 45 heavy (non-hydrogen) atoms. The third-order valence-corrected chi connectivity index (χ3v) is 6.17. The van der Waals surface area contributed by atoms with E-state index >= 15 is 0 Å². The highest BCUT2D eigenvalue weighted by molar-refractivity contribution is 5.93. The number of carbonyl (C=O) groups is 4. The smallest absolute Gasteiger partial charge is 0.343 e. The molecule has 0 heterocycles. The summed E-state index contributed by atoms with van der Waals surface area (Å²) in [6.07, 6.45) is 4.96. The molecule has 0 aliphatic rings. The zero-order chi connectivity index (χ0) is 32.4. The lowest BCUT2D eigenvalue weighted by molar-refractivity contribution is -0.138. The SMILES string of the molecule is C=CC(=O)OCCCCOc1ccc(OC(=O)c2ccc(OC(=O)c3ccc(OCCCCOC(=O)C=C)cc3)c(C)c2)cc1. The molecule has 10 heteroatoms. The molecule has 3 aromatic rings. The Balaban J connectivity index is 1.42. The number of unbranched alkanes of at least 4 members (excludes halogenated alkanes) is 2. The lowest BCUT2D eigenvalue weighted by Crippen LogP contribution is -2.11. The van der Waals surface area contributed by atoms with Gasteiger partial charge in [0.2, 0.25) is 0 Å². The summed E-state index contributed by atoms with van der Waals surface area (Å²) >= 11 is 0. The Labute approximate surface area is 262 Å². The van der Waals surface area contributed by atoms with Gasteiger partial charge in [0.25, 0.3) is 0 Å². The Hall–Kier alpha value is -5.38. The van der Waals surface area contributed by atoms with Gasteiger partial charge in [-0.1, -0.05) is 13.2 Å². The van der Waals surface area contributed by atoms with E-state index in [1.807, 2.05) is 0 Å². The quantitative estimate of drug-likeness (QED) is 0.0705. The van der Waals surface area contributed by atoms with Crippen LogP contribution in [-0.4, -0.2) is 50.3 Å². The maximum Gasteiger partial charge on any atom is 0.343 e. The van der Waals surface area contributed by atoms with E-state index in [1.165, 1.54) is 6.07 Å². The predicted molar refractivity (Wildman–Crippen MR) is 166 cm³/mol. The largest absolute Gasteiger partial charge is 0.494 e. The number of hydrogen-bond donors (Lipinski definition) is 0. The molecule has 0 saturated carbocycles. The number of hydrogen-bond acceptors (Lipinski definition) is 10. The molecule has 0 spiro atoms. The van der Waals surface area contributed by atoms with E-state index in [-0.39, 0.29) is 0 Å². The number of ether oxygens (including phenoxy) is 6. The minimum Gasteiger partial charge on any atom is -0.494 e. The van der Waals surface area contributed by atoms with E-state index in [1.54, 1.807) is 67.6 Å². The first-order valence-electron chi connectivity index (χ1n) is 14.4. The van der Waals surface area contributed by atoms with E-state index < -0.39 is 23.9 Å². The summed E-state index contributed by atoms with van der Waals surface area (Å²) in [5.41, 5.74) is 1.22. The Morgan fingerprint density at radius 3 is 1.53 bits per heavy atom. The van der Waals surface area contributed by atoms with Gasteiger partial charge in [0.15, 0.2) is 0 Å². The van der Waals surface area contributed by atoms with Crippen molar-refractivity contribution in [3.63, 3.8) is 0 Å². The van der Waals surface area contributed by atoms with E-state index in [9.17, 15) is 19.2 Å². The van der Waals surface area contributed by atoms with Crippen LogP contribution in [0, 0.1) is 6.92 Å². The van der Waals surface area contributed by atoms with Crippen LogP contribution in [0.1, 0.15) is 52.0 Å². The van der Waals surface area contributed by atoms with Gasteiger partial charge in [-0.2, -0.15) is 0 Å². The number of aryl methyl sites for hydroxylation is 1. The first kappa shape index (κ1) is 34.1.